The molecule has 0 unspecified atom stereocenters. The van der Waals surface area contributed by atoms with Crippen molar-refractivity contribution in [2.45, 2.75) is 38.1 Å². The van der Waals surface area contributed by atoms with Crippen LogP contribution >= 0.6 is 0 Å². The maximum Gasteiger partial charge on any atom is 0.292 e. The number of rotatable bonds is 7. The summed E-state index contributed by atoms with van der Waals surface area (Å²) in [4.78, 5) is 10.8. The van der Waals surface area contributed by atoms with Crippen molar-refractivity contribution in [3.8, 4) is 5.75 Å². The van der Waals surface area contributed by atoms with Crippen molar-refractivity contribution in [2.75, 3.05) is 25.6 Å². The molecule has 0 atom stereocenters. The van der Waals surface area contributed by atoms with Crippen LogP contribution < -0.4 is 10.1 Å². The monoisotopic (exact) mass is 294 g/mol. The van der Waals surface area contributed by atoms with Crippen LogP contribution in [0.2, 0.25) is 0 Å². The molecule has 116 valence electrons. The SMILES string of the molecule is COCCOc1ccc([N+](=O)[O-])c(NC2CCCCC2)c1. The van der Waals surface area contributed by atoms with Gasteiger partial charge in [-0.25, -0.2) is 0 Å². The Kier molecular flexibility index (Phi) is 5.80. The summed E-state index contributed by atoms with van der Waals surface area (Å²) in [6.45, 7) is 0.916. The highest BCUT2D eigenvalue weighted by Gasteiger charge is 2.19. The fourth-order valence-electron chi connectivity index (χ4n) is 2.59. The summed E-state index contributed by atoms with van der Waals surface area (Å²) in [6.07, 6.45) is 5.73. The maximum atomic E-state index is 11.1. The van der Waals surface area contributed by atoms with Gasteiger partial charge in [-0.2, -0.15) is 0 Å². The molecule has 1 aliphatic carbocycles. The minimum atomic E-state index is -0.357. The first-order chi connectivity index (χ1) is 10.2. The first-order valence-corrected chi connectivity index (χ1v) is 7.37. The zero-order chi connectivity index (χ0) is 15.1. The summed E-state index contributed by atoms with van der Waals surface area (Å²) in [6, 6.07) is 5.14. The molecule has 1 aliphatic rings. The van der Waals surface area contributed by atoms with E-state index < -0.39 is 0 Å². The Morgan fingerprint density at radius 1 is 1.29 bits per heavy atom. The van der Waals surface area contributed by atoms with Gasteiger partial charge in [0.1, 0.15) is 18.0 Å². The Labute approximate surface area is 124 Å². The van der Waals surface area contributed by atoms with Gasteiger partial charge in [0.15, 0.2) is 0 Å². The molecule has 21 heavy (non-hydrogen) atoms. The summed E-state index contributed by atoms with van der Waals surface area (Å²) in [7, 11) is 1.61. The fraction of sp³-hybridized carbons (Fsp3) is 0.600. The van der Waals surface area contributed by atoms with Crippen LogP contribution in [0.5, 0.6) is 5.75 Å². The number of methoxy groups -OCH3 is 1. The smallest absolute Gasteiger partial charge is 0.292 e. The third kappa shape index (κ3) is 4.60. The highest BCUT2D eigenvalue weighted by atomic mass is 16.6. The van der Waals surface area contributed by atoms with Gasteiger partial charge < -0.3 is 14.8 Å². The van der Waals surface area contributed by atoms with E-state index in [-0.39, 0.29) is 10.6 Å². The molecule has 0 aromatic heterocycles. The number of anilines is 1. The van der Waals surface area contributed by atoms with Gasteiger partial charge in [0.25, 0.3) is 5.69 Å². The van der Waals surface area contributed by atoms with E-state index in [0.717, 1.165) is 12.8 Å². The number of nitro benzene ring substituents is 1. The zero-order valence-electron chi connectivity index (χ0n) is 12.3. The standard InChI is InChI=1S/C15H22N2O4/c1-20-9-10-21-13-7-8-15(17(18)19)14(11-13)16-12-5-3-2-4-6-12/h7-8,11-12,16H,2-6,9-10H2,1H3. The minimum absolute atomic E-state index is 0.0969. The second-order valence-electron chi connectivity index (χ2n) is 5.26. The van der Waals surface area contributed by atoms with Gasteiger partial charge in [0.05, 0.1) is 11.5 Å². The van der Waals surface area contributed by atoms with Gasteiger partial charge in [0.2, 0.25) is 0 Å². The molecule has 0 spiro atoms. The van der Waals surface area contributed by atoms with Gasteiger partial charge in [-0.3, -0.25) is 10.1 Å². The number of hydrogen-bond donors (Lipinski definition) is 1. The summed E-state index contributed by atoms with van der Waals surface area (Å²) in [5.41, 5.74) is 0.640. The Morgan fingerprint density at radius 2 is 2.05 bits per heavy atom. The molecule has 0 saturated heterocycles. The second kappa shape index (κ2) is 7.83. The topological polar surface area (TPSA) is 73.6 Å². The quantitative estimate of drug-likeness (QED) is 0.474. The molecule has 0 aliphatic heterocycles. The third-order valence-corrected chi connectivity index (χ3v) is 3.69. The van der Waals surface area contributed by atoms with Crippen LogP contribution in [0.4, 0.5) is 11.4 Å². The average molecular weight is 294 g/mol. The number of nitro groups is 1. The number of ether oxygens (including phenoxy) is 2. The molecule has 0 amide bonds. The maximum absolute atomic E-state index is 11.1. The molecule has 0 bridgehead atoms. The van der Waals surface area contributed by atoms with Crippen LogP contribution in [0.25, 0.3) is 0 Å². The summed E-state index contributed by atoms with van der Waals surface area (Å²) in [5.74, 6) is 0.621. The number of benzene rings is 1. The van der Waals surface area contributed by atoms with E-state index in [1.165, 1.54) is 25.3 Å². The highest BCUT2D eigenvalue weighted by molar-refractivity contribution is 5.64. The number of hydrogen-bond acceptors (Lipinski definition) is 5. The average Bonchev–Trinajstić information content (AvgIpc) is 2.48. The summed E-state index contributed by atoms with van der Waals surface area (Å²) < 4.78 is 10.5. The second-order valence-corrected chi connectivity index (χ2v) is 5.26. The molecule has 1 N–H and O–H groups in total. The van der Waals surface area contributed by atoms with Crippen LogP contribution in [0.15, 0.2) is 18.2 Å². The molecular formula is C15H22N2O4. The van der Waals surface area contributed by atoms with E-state index in [9.17, 15) is 10.1 Å². The zero-order valence-corrected chi connectivity index (χ0v) is 12.3. The molecule has 6 nitrogen and oxygen atoms in total. The largest absolute Gasteiger partial charge is 0.491 e. The van der Waals surface area contributed by atoms with E-state index in [1.54, 1.807) is 19.2 Å². The fourth-order valence-corrected chi connectivity index (χ4v) is 2.59. The van der Waals surface area contributed by atoms with Gasteiger partial charge in [-0.05, 0) is 18.9 Å². The van der Waals surface area contributed by atoms with Crippen molar-refractivity contribution < 1.29 is 14.4 Å². The van der Waals surface area contributed by atoms with Gasteiger partial charge >= 0.3 is 0 Å². The van der Waals surface area contributed by atoms with Crippen molar-refractivity contribution >= 4 is 11.4 Å². The van der Waals surface area contributed by atoms with E-state index in [4.69, 9.17) is 9.47 Å². The van der Waals surface area contributed by atoms with E-state index in [0.29, 0.717) is 30.7 Å². The Morgan fingerprint density at radius 3 is 2.71 bits per heavy atom. The molecule has 0 radical (unpaired) electrons. The van der Waals surface area contributed by atoms with Crippen molar-refractivity contribution in [1.82, 2.24) is 0 Å². The van der Waals surface area contributed by atoms with Crippen LogP contribution in [-0.2, 0) is 4.74 Å². The normalized spacial score (nSPS) is 15.7. The lowest BCUT2D eigenvalue weighted by Crippen LogP contribution is -2.22. The molecule has 1 aromatic rings. The summed E-state index contributed by atoms with van der Waals surface area (Å²) in [5, 5.41) is 14.4. The minimum Gasteiger partial charge on any atom is -0.491 e. The van der Waals surface area contributed by atoms with E-state index in [2.05, 4.69) is 5.32 Å². The molecule has 1 fully saturated rings. The molecule has 2 rings (SSSR count). The van der Waals surface area contributed by atoms with Crippen LogP contribution in [0.3, 0.4) is 0 Å². The molecule has 1 aromatic carbocycles. The number of nitrogens with zero attached hydrogens (tertiary/aromatic N) is 1. The van der Waals surface area contributed by atoms with Crippen LogP contribution in [0.1, 0.15) is 32.1 Å². The van der Waals surface area contributed by atoms with Gasteiger partial charge in [-0.1, -0.05) is 19.3 Å². The molecule has 0 heterocycles. The predicted octanol–water partition coefficient (Wildman–Crippen LogP) is 3.36. The molecule has 1 saturated carbocycles. The van der Waals surface area contributed by atoms with E-state index >= 15 is 0 Å². The lowest BCUT2D eigenvalue weighted by atomic mass is 9.95. The van der Waals surface area contributed by atoms with Crippen molar-refractivity contribution in [3.05, 3.63) is 28.3 Å². The lowest BCUT2D eigenvalue weighted by Gasteiger charge is -2.23. The summed E-state index contributed by atoms with van der Waals surface area (Å²) >= 11 is 0. The molecule has 6 heteroatoms. The Balaban J connectivity index is 2.09. The lowest BCUT2D eigenvalue weighted by molar-refractivity contribution is -0.384. The third-order valence-electron chi connectivity index (χ3n) is 3.69. The number of nitrogens with one attached hydrogen (secondary N) is 1. The molecular weight excluding hydrogens is 272 g/mol. The first-order valence-electron chi connectivity index (χ1n) is 7.37. The Hall–Kier alpha value is -1.82. The van der Waals surface area contributed by atoms with Crippen molar-refractivity contribution in [1.29, 1.82) is 0 Å². The first kappa shape index (κ1) is 15.6. The van der Waals surface area contributed by atoms with E-state index in [1.807, 2.05) is 0 Å². The van der Waals surface area contributed by atoms with Crippen LogP contribution in [0, 0.1) is 10.1 Å². The van der Waals surface area contributed by atoms with Crippen molar-refractivity contribution in [3.63, 3.8) is 0 Å². The van der Waals surface area contributed by atoms with Gasteiger partial charge in [-0.15, -0.1) is 0 Å². The van der Waals surface area contributed by atoms with Crippen LogP contribution in [-0.4, -0.2) is 31.3 Å². The predicted molar refractivity (Wildman–Crippen MR) is 81.0 cm³/mol. The van der Waals surface area contributed by atoms with Gasteiger partial charge in [0, 0.05) is 25.3 Å². The van der Waals surface area contributed by atoms with Crippen molar-refractivity contribution in [2.24, 2.45) is 0 Å². The Bertz CT molecular complexity index is 473. The highest BCUT2D eigenvalue weighted by Crippen LogP contribution is 2.31.